The fraction of sp³-hybridized carbons (Fsp3) is 0.400. The van der Waals surface area contributed by atoms with Gasteiger partial charge in [0.25, 0.3) is 0 Å². The fourth-order valence-electron chi connectivity index (χ4n) is 2.73. The first-order chi connectivity index (χ1) is 14.7. The van der Waals surface area contributed by atoms with Gasteiger partial charge in [-0.3, -0.25) is 0 Å². The van der Waals surface area contributed by atoms with Crippen LogP contribution >= 0.6 is 0 Å². The number of para-hydroxylation sites is 2. The zero-order valence-electron chi connectivity index (χ0n) is 19.3. The van der Waals surface area contributed by atoms with Gasteiger partial charge in [0.1, 0.15) is 21.5 Å². The van der Waals surface area contributed by atoms with Gasteiger partial charge in [0.05, 0.1) is 13.7 Å². The maximum absolute atomic E-state index is 12.2. The van der Waals surface area contributed by atoms with Crippen LogP contribution in [0.4, 0.5) is 0 Å². The SMILES string of the molecule is [2H]N(CCOc1ccccc1OCC)[C@H](C)Cc1ccc(OC)c(S(=O)(=O)N([2H])[2H])c1. The van der Waals surface area contributed by atoms with Crippen LogP contribution in [0.3, 0.4) is 0 Å². The number of methoxy groups -OCH3 is 1. The molecule has 0 bridgehead atoms. The van der Waals surface area contributed by atoms with E-state index < -0.39 is 10.0 Å². The highest BCUT2D eigenvalue weighted by atomic mass is 32.2. The van der Waals surface area contributed by atoms with Crippen LogP contribution in [-0.4, -0.2) is 41.3 Å². The second-order valence-corrected chi connectivity index (χ2v) is 7.54. The highest BCUT2D eigenvalue weighted by Gasteiger charge is 2.16. The van der Waals surface area contributed by atoms with Crippen molar-refractivity contribution in [1.29, 1.82) is 0 Å². The normalized spacial score (nSPS) is 14.2. The predicted molar refractivity (Wildman–Crippen MR) is 109 cm³/mol. The number of nitrogens with two attached hydrogens (primary N) is 1. The Morgan fingerprint density at radius 1 is 1.18 bits per heavy atom. The lowest BCUT2D eigenvalue weighted by Crippen LogP contribution is -2.32. The maximum Gasteiger partial charge on any atom is 0.241 e. The molecule has 0 saturated carbocycles. The standard InChI is InChI=1S/C20H28N2O5S/c1-4-26-17-7-5-6-8-18(17)27-12-11-22-15(2)13-16-9-10-19(25-3)20(14-16)28(21,23)24/h5-10,14-15,22H,4,11-13H2,1-3H3,(H2,21,23,24)/t15-/m1/s1/i/hD3. The van der Waals surface area contributed by atoms with E-state index in [1.54, 1.807) is 6.07 Å². The monoisotopic (exact) mass is 411 g/mol. The van der Waals surface area contributed by atoms with Gasteiger partial charge in [-0.05, 0) is 50.1 Å². The minimum Gasteiger partial charge on any atom is -0.495 e. The fourth-order valence-corrected chi connectivity index (χ4v) is 3.43. The van der Waals surface area contributed by atoms with Crippen molar-refractivity contribution in [3.63, 3.8) is 0 Å². The second kappa shape index (κ2) is 10.3. The zero-order valence-corrected chi connectivity index (χ0v) is 17.1. The number of hydrogen-bond acceptors (Lipinski definition) is 6. The molecular weight excluding hydrogens is 380 g/mol. The molecule has 1 atom stereocenters. The van der Waals surface area contributed by atoms with E-state index in [0.717, 1.165) is 0 Å². The lowest BCUT2D eigenvalue weighted by Gasteiger charge is -2.16. The molecule has 7 nitrogen and oxygen atoms in total. The van der Waals surface area contributed by atoms with Crippen molar-refractivity contribution in [1.82, 2.24) is 5.31 Å². The summed E-state index contributed by atoms with van der Waals surface area (Å²) in [5.74, 6) is 1.33. The summed E-state index contributed by atoms with van der Waals surface area (Å²) in [6.07, 6.45) is 0.390. The van der Waals surface area contributed by atoms with Crippen molar-refractivity contribution in [2.24, 2.45) is 5.13 Å². The Morgan fingerprint density at radius 3 is 2.54 bits per heavy atom. The number of benzene rings is 2. The molecule has 0 unspecified atom stereocenters. The summed E-state index contributed by atoms with van der Waals surface area (Å²) in [6, 6.07) is 11.7. The summed E-state index contributed by atoms with van der Waals surface area (Å²) < 4.78 is 63.4. The molecular formula is C20H28N2O5S. The molecule has 0 radical (unpaired) electrons. The summed E-state index contributed by atoms with van der Waals surface area (Å²) in [5, 5.41) is 1.02. The third-order valence-electron chi connectivity index (χ3n) is 3.98. The molecule has 0 aliphatic carbocycles. The highest BCUT2D eigenvalue weighted by molar-refractivity contribution is 7.89. The van der Waals surface area contributed by atoms with Crippen LogP contribution in [0.5, 0.6) is 17.2 Å². The van der Waals surface area contributed by atoms with Gasteiger partial charge in [0.15, 0.2) is 11.5 Å². The van der Waals surface area contributed by atoms with Gasteiger partial charge >= 0.3 is 0 Å². The Morgan fingerprint density at radius 2 is 1.89 bits per heavy atom. The van der Waals surface area contributed by atoms with Gasteiger partial charge in [0, 0.05) is 12.6 Å². The maximum atomic E-state index is 12.2. The lowest BCUT2D eigenvalue weighted by molar-refractivity contribution is 0.272. The molecule has 154 valence electrons. The Hall–Kier alpha value is -2.29. The molecule has 8 heteroatoms. The minimum atomic E-state index is -4.30. The lowest BCUT2D eigenvalue weighted by atomic mass is 10.1. The predicted octanol–water partition coefficient (Wildman–Crippen LogP) is 2.34. The summed E-state index contributed by atoms with van der Waals surface area (Å²) in [4.78, 5) is -0.253. The molecule has 0 amide bonds. The van der Waals surface area contributed by atoms with E-state index in [-0.39, 0.29) is 28.4 Å². The smallest absolute Gasteiger partial charge is 0.241 e. The van der Waals surface area contributed by atoms with Crippen LogP contribution in [-0.2, 0) is 16.4 Å². The van der Waals surface area contributed by atoms with Crippen molar-refractivity contribution in [2.75, 3.05) is 26.9 Å². The average molecular weight is 412 g/mol. The molecule has 2 aromatic rings. The Balaban J connectivity index is 2.01. The van der Waals surface area contributed by atoms with Crippen LogP contribution in [0, 0.1) is 0 Å². The summed E-state index contributed by atoms with van der Waals surface area (Å²) in [6.45, 7) is 4.88. The second-order valence-electron chi connectivity index (χ2n) is 6.15. The van der Waals surface area contributed by atoms with Crippen LogP contribution < -0.4 is 24.6 Å². The topological polar surface area (TPSA) is 99.9 Å². The van der Waals surface area contributed by atoms with Gasteiger partial charge in [0.2, 0.25) is 10.0 Å². The van der Waals surface area contributed by atoms with Gasteiger partial charge in [-0.25, -0.2) is 13.5 Å². The third-order valence-corrected chi connectivity index (χ3v) is 4.85. The Labute approximate surface area is 171 Å². The molecule has 0 heterocycles. The average Bonchev–Trinajstić information content (AvgIpc) is 2.74. The van der Waals surface area contributed by atoms with Crippen molar-refractivity contribution in [3.05, 3.63) is 48.0 Å². The molecule has 0 aromatic heterocycles. The number of primary sulfonamides is 1. The van der Waals surface area contributed by atoms with E-state index in [0.29, 0.717) is 36.6 Å². The van der Waals surface area contributed by atoms with Gasteiger partial charge in [-0.2, -0.15) is 0 Å². The third kappa shape index (κ3) is 6.40. The molecule has 2 rings (SSSR count). The summed E-state index contributed by atoms with van der Waals surface area (Å²) in [7, 11) is -2.98. The number of nitrogens with one attached hydrogen (secondary N) is 1. The Kier molecular flexibility index (Phi) is 6.55. The van der Waals surface area contributed by atoms with Gasteiger partial charge in [-0.15, -0.1) is 0 Å². The molecule has 0 saturated heterocycles. The van der Waals surface area contributed by atoms with E-state index in [1.165, 1.54) is 24.6 Å². The first kappa shape index (κ1) is 17.8. The van der Waals surface area contributed by atoms with Crippen LogP contribution in [0.1, 0.15) is 19.4 Å². The number of rotatable bonds is 12. The van der Waals surface area contributed by atoms with Crippen molar-refractivity contribution in [3.8, 4) is 17.2 Å². The summed E-state index contributed by atoms with van der Waals surface area (Å²) >= 11 is 0. The molecule has 0 fully saturated rings. The Bertz CT molecular complexity index is 960. The number of sulfonamides is 1. The van der Waals surface area contributed by atoms with E-state index >= 15 is 0 Å². The van der Waals surface area contributed by atoms with Crippen LogP contribution in [0.2, 0.25) is 4.24 Å². The van der Waals surface area contributed by atoms with Crippen LogP contribution in [0.15, 0.2) is 47.4 Å². The van der Waals surface area contributed by atoms with Crippen molar-refractivity contribution >= 4 is 10.0 Å². The zero-order chi connectivity index (χ0) is 23.0. The highest BCUT2D eigenvalue weighted by Crippen LogP contribution is 2.26. The van der Waals surface area contributed by atoms with E-state index in [1.807, 2.05) is 38.1 Å². The quantitative estimate of drug-likeness (QED) is 0.556. The van der Waals surface area contributed by atoms with Crippen LogP contribution in [0.25, 0.3) is 0 Å². The van der Waals surface area contributed by atoms with E-state index in [4.69, 9.17) is 18.4 Å². The molecule has 3 N–H and O–H groups in total. The number of ether oxygens (including phenoxy) is 3. The van der Waals surface area contributed by atoms with E-state index in [2.05, 4.69) is 0 Å². The van der Waals surface area contributed by atoms with Crippen molar-refractivity contribution < 1.29 is 26.9 Å². The van der Waals surface area contributed by atoms with Crippen molar-refractivity contribution in [2.45, 2.75) is 31.2 Å². The molecule has 0 aliphatic heterocycles. The minimum absolute atomic E-state index is 0.0602. The molecule has 28 heavy (non-hydrogen) atoms. The largest absolute Gasteiger partial charge is 0.495 e. The molecule has 0 spiro atoms. The van der Waals surface area contributed by atoms with E-state index in [9.17, 15) is 8.42 Å². The molecule has 2 aromatic carbocycles. The van der Waals surface area contributed by atoms with Gasteiger partial charge in [-0.1, -0.05) is 18.2 Å². The first-order valence-electron chi connectivity index (χ1n) is 10.3. The van der Waals surface area contributed by atoms with Gasteiger partial charge < -0.3 is 19.5 Å². The first-order valence-corrected chi connectivity index (χ1v) is 10.4. The summed E-state index contributed by atoms with van der Waals surface area (Å²) in [5.41, 5.74) is 0.647. The molecule has 0 aliphatic rings. The number of hydrogen-bond donors (Lipinski definition) is 2.